The maximum atomic E-state index is 12.6. The number of likely N-dealkylation sites (tertiary alicyclic amines) is 1. The molecule has 24 heavy (non-hydrogen) atoms. The van der Waals surface area contributed by atoms with Crippen molar-refractivity contribution in [3.8, 4) is 0 Å². The molecule has 1 aromatic carbocycles. The number of hydrogen-bond donors (Lipinski definition) is 0. The number of ether oxygens (including phenoxy) is 1. The molecule has 3 nitrogen and oxygen atoms in total. The van der Waals surface area contributed by atoms with Crippen molar-refractivity contribution >= 4 is 5.91 Å². The first-order valence-corrected chi connectivity index (χ1v) is 8.63. The molecule has 1 aliphatic heterocycles. The van der Waals surface area contributed by atoms with Crippen molar-refractivity contribution in [3.05, 3.63) is 35.4 Å². The van der Waals surface area contributed by atoms with Crippen LogP contribution in [0.3, 0.4) is 0 Å². The Morgan fingerprint density at radius 2 is 2.04 bits per heavy atom. The highest BCUT2D eigenvalue weighted by Gasteiger charge is 2.31. The van der Waals surface area contributed by atoms with E-state index in [9.17, 15) is 13.6 Å². The number of benzene rings is 1. The van der Waals surface area contributed by atoms with Crippen LogP contribution in [0.5, 0.6) is 0 Å². The van der Waals surface area contributed by atoms with Gasteiger partial charge in [-0.2, -0.15) is 0 Å². The van der Waals surface area contributed by atoms with E-state index in [1.807, 2.05) is 4.90 Å². The van der Waals surface area contributed by atoms with E-state index >= 15 is 0 Å². The van der Waals surface area contributed by atoms with E-state index in [-0.39, 0.29) is 11.6 Å². The number of carbonyl (C=O) groups excluding carboxylic acids is 1. The normalized spacial score (nSPS) is 18.3. The number of amides is 1. The third-order valence-electron chi connectivity index (χ3n) is 4.65. The standard InChI is InChI=1S/C11H21NO2.C8H8F2/c1-4-9(2)10-7-11(13)12(8-10)5-6-14-3;1-2-6-5-7(9)3-4-8(6)10/h9-10H,4-8H2,1-3H3;3-5H,2H2,1H3. The van der Waals surface area contributed by atoms with Gasteiger partial charge in [0.15, 0.2) is 0 Å². The molecule has 0 aromatic heterocycles. The largest absolute Gasteiger partial charge is 0.383 e. The zero-order chi connectivity index (χ0) is 18.1. The summed E-state index contributed by atoms with van der Waals surface area (Å²) >= 11 is 0. The molecule has 5 heteroatoms. The predicted molar refractivity (Wildman–Crippen MR) is 91.8 cm³/mol. The lowest BCUT2D eigenvalue weighted by Crippen LogP contribution is -2.29. The minimum absolute atomic E-state index is 0.298. The van der Waals surface area contributed by atoms with E-state index in [1.54, 1.807) is 14.0 Å². The third kappa shape index (κ3) is 6.19. The highest BCUT2D eigenvalue weighted by molar-refractivity contribution is 5.78. The molecule has 0 aliphatic carbocycles. The van der Waals surface area contributed by atoms with Gasteiger partial charge < -0.3 is 9.64 Å². The molecule has 136 valence electrons. The van der Waals surface area contributed by atoms with Gasteiger partial charge in [-0.05, 0) is 42.0 Å². The van der Waals surface area contributed by atoms with Crippen molar-refractivity contribution in [2.75, 3.05) is 26.8 Å². The summed E-state index contributed by atoms with van der Waals surface area (Å²) in [5.41, 5.74) is 0.431. The Morgan fingerprint density at radius 1 is 1.33 bits per heavy atom. The predicted octanol–water partition coefficient (Wildman–Crippen LogP) is 4.05. The van der Waals surface area contributed by atoms with Gasteiger partial charge in [0.1, 0.15) is 11.6 Å². The average molecular weight is 341 g/mol. The lowest BCUT2D eigenvalue weighted by atomic mass is 9.91. The molecule has 1 aromatic rings. The number of hydrogen-bond acceptors (Lipinski definition) is 2. The lowest BCUT2D eigenvalue weighted by molar-refractivity contribution is -0.128. The number of carbonyl (C=O) groups is 1. The zero-order valence-electron chi connectivity index (χ0n) is 15.1. The molecule has 1 heterocycles. The topological polar surface area (TPSA) is 29.5 Å². The van der Waals surface area contributed by atoms with Gasteiger partial charge in [0, 0.05) is 26.6 Å². The van der Waals surface area contributed by atoms with E-state index < -0.39 is 0 Å². The van der Waals surface area contributed by atoms with E-state index in [2.05, 4.69) is 13.8 Å². The Bertz CT molecular complexity index is 522. The number of nitrogens with zero attached hydrogens (tertiary/aromatic N) is 1. The molecule has 1 amide bonds. The molecule has 2 rings (SSSR count). The third-order valence-corrected chi connectivity index (χ3v) is 4.65. The summed E-state index contributed by atoms with van der Waals surface area (Å²) in [5, 5.41) is 0. The Kier molecular flexibility index (Phi) is 8.90. The number of methoxy groups -OCH3 is 1. The van der Waals surface area contributed by atoms with Gasteiger partial charge in [-0.15, -0.1) is 0 Å². The fraction of sp³-hybridized carbons (Fsp3) is 0.632. The van der Waals surface area contributed by atoms with Crippen LogP contribution >= 0.6 is 0 Å². The molecule has 2 unspecified atom stereocenters. The second-order valence-corrected chi connectivity index (χ2v) is 6.27. The number of halogens is 2. The Morgan fingerprint density at radius 3 is 2.58 bits per heavy atom. The van der Waals surface area contributed by atoms with Crippen molar-refractivity contribution in [2.24, 2.45) is 11.8 Å². The van der Waals surface area contributed by atoms with E-state index in [1.165, 1.54) is 6.07 Å². The first-order chi connectivity index (χ1) is 11.4. The maximum absolute atomic E-state index is 12.6. The molecule has 0 saturated carbocycles. The van der Waals surface area contributed by atoms with Crippen molar-refractivity contribution in [3.63, 3.8) is 0 Å². The smallest absolute Gasteiger partial charge is 0.223 e. The summed E-state index contributed by atoms with van der Waals surface area (Å²) in [7, 11) is 1.67. The average Bonchev–Trinajstić information content (AvgIpc) is 2.95. The molecule has 0 N–H and O–H groups in total. The minimum atomic E-state index is -0.377. The number of rotatable bonds is 6. The van der Waals surface area contributed by atoms with Gasteiger partial charge in [-0.1, -0.05) is 27.2 Å². The molecule has 0 bridgehead atoms. The molecule has 1 fully saturated rings. The van der Waals surface area contributed by atoms with E-state index in [4.69, 9.17) is 4.74 Å². The maximum Gasteiger partial charge on any atom is 0.223 e. The van der Waals surface area contributed by atoms with Crippen LogP contribution < -0.4 is 0 Å². The van der Waals surface area contributed by atoms with Gasteiger partial charge in [0.25, 0.3) is 0 Å². The Balaban J connectivity index is 0.000000254. The van der Waals surface area contributed by atoms with Gasteiger partial charge in [0.05, 0.1) is 6.61 Å². The molecular formula is C19H29F2NO2. The summed E-state index contributed by atoms with van der Waals surface area (Å²) < 4.78 is 30.0. The van der Waals surface area contributed by atoms with Crippen LogP contribution in [-0.4, -0.2) is 37.6 Å². The summed E-state index contributed by atoms with van der Waals surface area (Å²) in [4.78, 5) is 13.5. The van der Waals surface area contributed by atoms with Crippen LogP contribution in [0, 0.1) is 23.5 Å². The van der Waals surface area contributed by atoms with Crippen LogP contribution in [0.15, 0.2) is 18.2 Å². The molecule has 1 aliphatic rings. The second-order valence-electron chi connectivity index (χ2n) is 6.27. The lowest BCUT2D eigenvalue weighted by Gasteiger charge is -2.18. The van der Waals surface area contributed by atoms with Crippen LogP contribution in [0.2, 0.25) is 0 Å². The molecule has 0 spiro atoms. The molecule has 1 saturated heterocycles. The quantitative estimate of drug-likeness (QED) is 0.781. The first kappa shape index (κ1) is 20.6. The minimum Gasteiger partial charge on any atom is -0.383 e. The SMILES string of the molecule is CCC(C)C1CC(=O)N(CCOC)C1.CCc1cc(F)ccc1F. The fourth-order valence-electron chi connectivity index (χ4n) is 2.75. The van der Waals surface area contributed by atoms with Gasteiger partial charge >= 0.3 is 0 Å². The van der Waals surface area contributed by atoms with Crippen molar-refractivity contribution in [1.29, 1.82) is 0 Å². The van der Waals surface area contributed by atoms with Crippen molar-refractivity contribution in [2.45, 2.75) is 40.0 Å². The van der Waals surface area contributed by atoms with Crippen LogP contribution in [-0.2, 0) is 16.0 Å². The van der Waals surface area contributed by atoms with Gasteiger partial charge in [-0.25, -0.2) is 8.78 Å². The fourth-order valence-corrected chi connectivity index (χ4v) is 2.75. The summed E-state index contributed by atoms with van der Waals surface area (Å²) in [6.07, 6.45) is 2.43. The van der Waals surface area contributed by atoms with Crippen LogP contribution in [0.25, 0.3) is 0 Å². The summed E-state index contributed by atoms with van der Waals surface area (Å²) in [5.74, 6) is 0.811. The summed E-state index contributed by atoms with van der Waals surface area (Å²) in [6, 6.07) is 3.48. The van der Waals surface area contributed by atoms with Gasteiger partial charge in [-0.3, -0.25) is 4.79 Å². The first-order valence-electron chi connectivity index (χ1n) is 8.63. The highest BCUT2D eigenvalue weighted by atomic mass is 19.1. The zero-order valence-corrected chi connectivity index (χ0v) is 15.1. The Labute approximate surface area is 144 Å². The van der Waals surface area contributed by atoms with E-state index in [0.29, 0.717) is 36.3 Å². The number of aryl methyl sites for hydroxylation is 1. The van der Waals surface area contributed by atoms with Crippen LogP contribution in [0.1, 0.15) is 39.2 Å². The molecule has 0 radical (unpaired) electrons. The summed E-state index contributed by atoms with van der Waals surface area (Å²) in [6.45, 7) is 8.54. The monoisotopic (exact) mass is 341 g/mol. The molecular weight excluding hydrogens is 312 g/mol. The van der Waals surface area contributed by atoms with Gasteiger partial charge in [0.2, 0.25) is 5.91 Å². The van der Waals surface area contributed by atoms with Crippen LogP contribution in [0.4, 0.5) is 8.78 Å². The van der Waals surface area contributed by atoms with Crippen molar-refractivity contribution in [1.82, 2.24) is 4.90 Å². The molecule has 2 atom stereocenters. The second kappa shape index (κ2) is 10.4. The Hall–Kier alpha value is -1.49. The van der Waals surface area contributed by atoms with E-state index in [0.717, 1.165) is 38.1 Å². The highest BCUT2D eigenvalue weighted by Crippen LogP contribution is 2.26. The van der Waals surface area contributed by atoms with Crippen molar-refractivity contribution < 1.29 is 18.3 Å².